The smallest absolute Gasteiger partial charge is 0.336 e. The van der Waals surface area contributed by atoms with Gasteiger partial charge >= 0.3 is 11.9 Å². The number of rotatable bonds is 5. The summed E-state index contributed by atoms with van der Waals surface area (Å²) in [5.41, 5.74) is 2.20. The van der Waals surface area contributed by atoms with Gasteiger partial charge in [-0.05, 0) is 59.0 Å². The highest BCUT2D eigenvalue weighted by Gasteiger charge is 2.22. The first-order valence-electron chi connectivity index (χ1n) is 8.43. The number of aliphatic hydroxyl groups is 1. The van der Waals surface area contributed by atoms with E-state index in [0.717, 1.165) is 6.07 Å². The maximum Gasteiger partial charge on any atom is 0.336 e. The molecule has 1 atom stereocenters. The van der Waals surface area contributed by atoms with Crippen molar-refractivity contribution < 1.29 is 24.9 Å². The quantitative estimate of drug-likeness (QED) is 0.576. The van der Waals surface area contributed by atoms with Crippen LogP contribution in [0, 0.1) is 6.92 Å². The molecule has 0 radical (unpaired) electrons. The molecule has 3 aromatic rings. The molecule has 3 rings (SSSR count). The first kappa shape index (κ1) is 19.6. The molecule has 5 nitrogen and oxygen atoms in total. The van der Waals surface area contributed by atoms with Gasteiger partial charge in [0, 0.05) is 5.02 Å². The summed E-state index contributed by atoms with van der Waals surface area (Å²) in [5.74, 6) is -2.44. The molecule has 28 heavy (non-hydrogen) atoms. The van der Waals surface area contributed by atoms with Gasteiger partial charge in [-0.2, -0.15) is 0 Å². The number of carboxylic acids is 2. The number of carbonyl (C=O) groups is 2. The van der Waals surface area contributed by atoms with Crippen molar-refractivity contribution in [1.29, 1.82) is 0 Å². The zero-order valence-corrected chi connectivity index (χ0v) is 15.6. The van der Waals surface area contributed by atoms with E-state index in [9.17, 15) is 24.9 Å². The summed E-state index contributed by atoms with van der Waals surface area (Å²) in [4.78, 5) is 23.2. The maximum absolute atomic E-state index is 11.8. The molecule has 142 valence electrons. The van der Waals surface area contributed by atoms with Gasteiger partial charge in [0.15, 0.2) is 0 Å². The Balaban J connectivity index is 2.20. The Morgan fingerprint density at radius 3 is 2.07 bits per heavy atom. The predicted molar refractivity (Wildman–Crippen MR) is 106 cm³/mol. The highest BCUT2D eigenvalue weighted by molar-refractivity contribution is 6.30. The molecule has 0 aliphatic carbocycles. The van der Waals surface area contributed by atoms with Crippen LogP contribution in [0.5, 0.6) is 0 Å². The van der Waals surface area contributed by atoms with Crippen LogP contribution < -0.4 is 0 Å². The highest BCUT2D eigenvalue weighted by Crippen LogP contribution is 2.35. The molecule has 3 N–H and O–H groups in total. The van der Waals surface area contributed by atoms with E-state index in [0.29, 0.717) is 32.8 Å². The van der Waals surface area contributed by atoms with E-state index in [1.807, 2.05) is 0 Å². The van der Waals surface area contributed by atoms with E-state index in [4.69, 9.17) is 11.6 Å². The topological polar surface area (TPSA) is 94.8 Å². The van der Waals surface area contributed by atoms with E-state index >= 15 is 0 Å². The number of halogens is 1. The summed E-state index contributed by atoms with van der Waals surface area (Å²) in [5, 5.41) is 30.4. The normalized spacial score (nSPS) is 11.8. The lowest BCUT2D eigenvalue weighted by molar-refractivity contribution is 0.0695. The van der Waals surface area contributed by atoms with Crippen LogP contribution in [0.15, 0.2) is 60.7 Å². The van der Waals surface area contributed by atoms with E-state index in [2.05, 4.69) is 0 Å². The Bertz CT molecular complexity index is 1060. The summed E-state index contributed by atoms with van der Waals surface area (Å²) >= 11 is 5.91. The number of aromatic carboxylic acids is 2. The summed E-state index contributed by atoms with van der Waals surface area (Å²) < 4.78 is 0. The summed E-state index contributed by atoms with van der Waals surface area (Å²) in [6, 6.07) is 16.3. The third-order valence-corrected chi connectivity index (χ3v) is 4.81. The number of hydrogen-bond donors (Lipinski definition) is 3. The van der Waals surface area contributed by atoms with Gasteiger partial charge in [-0.1, -0.05) is 48.0 Å². The number of benzene rings is 3. The Morgan fingerprint density at radius 2 is 1.46 bits per heavy atom. The fourth-order valence-electron chi connectivity index (χ4n) is 3.14. The molecule has 0 saturated heterocycles. The second kappa shape index (κ2) is 7.84. The van der Waals surface area contributed by atoms with Crippen LogP contribution in [0.4, 0.5) is 0 Å². The lowest BCUT2D eigenvalue weighted by atomic mass is 9.88. The molecular formula is C22H17ClO5. The van der Waals surface area contributed by atoms with Gasteiger partial charge in [-0.25, -0.2) is 9.59 Å². The lowest BCUT2D eigenvalue weighted by Crippen LogP contribution is -2.08. The first-order valence-corrected chi connectivity index (χ1v) is 8.81. The summed E-state index contributed by atoms with van der Waals surface area (Å²) in [7, 11) is 0. The Kier molecular flexibility index (Phi) is 5.49. The standard InChI is InChI=1S/C22H17ClO5/c1-12-10-18(19(22(27)28)11-17(12)21(25)26)15-4-2-3-5-16(15)20(24)13-6-8-14(23)9-7-13/h2-11,20,24H,1H3,(H,25,26)(H,27,28). The highest BCUT2D eigenvalue weighted by atomic mass is 35.5. The van der Waals surface area contributed by atoms with Crippen molar-refractivity contribution in [1.82, 2.24) is 0 Å². The van der Waals surface area contributed by atoms with Crippen molar-refractivity contribution in [3.05, 3.63) is 93.5 Å². The molecule has 0 spiro atoms. The fourth-order valence-corrected chi connectivity index (χ4v) is 3.27. The molecule has 0 aromatic heterocycles. The molecule has 0 fully saturated rings. The van der Waals surface area contributed by atoms with Crippen molar-refractivity contribution in [2.24, 2.45) is 0 Å². The minimum atomic E-state index is -1.24. The molecule has 0 aliphatic heterocycles. The number of aryl methyl sites for hydroxylation is 1. The molecule has 0 aliphatic rings. The zero-order valence-electron chi connectivity index (χ0n) is 14.9. The fraction of sp³-hybridized carbons (Fsp3) is 0.0909. The maximum atomic E-state index is 11.8. The van der Waals surface area contributed by atoms with E-state index in [1.54, 1.807) is 55.5 Å². The van der Waals surface area contributed by atoms with Crippen LogP contribution in [0.2, 0.25) is 5.02 Å². The van der Waals surface area contributed by atoms with Gasteiger partial charge in [0.25, 0.3) is 0 Å². The van der Waals surface area contributed by atoms with Gasteiger partial charge in [-0.3, -0.25) is 0 Å². The molecule has 0 bridgehead atoms. The Morgan fingerprint density at radius 1 is 0.857 bits per heavy atom. The van der Waals surface area contributed by atoms with Gasteiger partial charge in [-0.15, -0.1) is 0 Å². The second-order valence-electron chi connectivity index (χ2n) is 6.36. The molecule has 3 aromatic carbocycles. The molecule has 1 unspecified atom stereocenters. The van der Waals surface area contributed by atoms with E-state index < -0.39 is 18.0 Å². The molecule has 6 heteroatoms. The average molecular weight is 397 g/mol. The Labute approximate surface area is 166 Å². The van der Waals surface area contributed by atoms with Crippen LogP contribution in [-0.4, -0.2) is 27.3 Å². The van der Waals surface area contributed by atoms with Crippen LogP contribution in [-0.2, 0) is 0 Å². The molecule has 0 saturated carbocycles. The predicted octanol–water partition coefficient (Wildman–Crippen LogP) is 4.79. The lowest BCUT2D eigenvalue weighted by Gasteiger charge is -2.18. The molecular weight excluding hydrogens is 380 g/mol. The van der Waals surface area contributed by atoms with Crippen molar-refractivity contribution in [3.8, 4) is 11.1 Å². The number of aliphatic hydroxyl groups excluding tert-OH is 1. The first-order chi connectivity index (χ1) is 13.3. The number of hydrogen-bond acceptors (Lipinski definition) is 3. The van der Waals surface area contributed by atoms with Gasteiger partial charge in [0.1, 0.15) is 6.10 Å². The van der Waals surface area contributed by atoms with Gasteiger partial charge < -0.3 is 15.3 Å². The van der Waals surface area contributed by atoms with Crippen LogP contribution in [0.1, 0.15) is 43.5 Å². The third-order valence-electron chi connectivity index (χ3n) is 4.56. The van der Waals surface area contributed by atoms with E-state index in [-0.39, 0.29) is 11.1 Å². The van der Waals surface area contributed by atoms with Crippen molar-refractivity contribution in [2.75, 3.05) is 0 Å². The van der Waals surface area contributed by atoms with Crippen molar-refractivity contribution in [2.45, 2.75) is 13.0 Å². The third kappa shape index (κ3) is 3.76. The van der Waals surface area contributed by atoms with Crippen LogP contribution in [0.3, 0.4) is 0 Å². The minimum Gasteiger partial charge on any atom is -0.478 e. The molecule has 0 heterocycles. The van der Waals surface area contributed by atoms with Crippen molar-refractivity contribution >= 4 is 23.5 Å². The minimum absolute atomic E-state index is 0.0723. The summed E-state index contributed by atoms with van der Waals surface area (Å²) in [6.07, 6.45) is -1.01. The Hall–Kier alpha value is -3.15. The SMILES string of the molecule is Cc1cc(-c2ccccc2C(O)c2ccc(Cl)cc2)c(C(=O)O)cc1C(=O)O. The monoisotopic (exact) mass is 396 g/mol. The number of carboxylic acid groups (broad SMARTS) is 2. The van der Waals surface area contributed by atoms with Crippen LogP contribution >= 0.6 is 11.6 Å². The van der Waals surface area contributed by atoms with Crippen molar-refractivity contribution in [3.63, 3.8) is 0 Å². The summed E-state index contributed by atoms with van der Waals surface area (Å²) in [6.45, 7) is 1.61. The average Bonchev–Trinajstić information content (AvgIpc) is 2.67. The second-order valence-corrected chi connectivity index (χ2v) is 6.80. The van der Waals surface area contributed by atoms with Crippen LogP contribution in [0.25, 0.3) is 11.1 Å². The van der Waals surface area contributed by atoms with Gasteiger partial charge in [0.2, 0.25) is 0 Å². The van der Waals surface area contributed by atoms with Gasteiger partial charge in [0.05, 0.1) is 11.1 Å². The molecule has 0 amide bonds. The zero-order chi connectivity index (χ0) is 20.4. The van der Waals surface area contributed by atoms with E-state index in [1.165, 1.54) is 6.07 Å². The largest absolute Gasteiger partial charge is 0.478 e.